The minimum atomic E-state index is -0.218. The Hall–Kier alpha value is -2.82. The van der Waals surface area contributed by atoms with Gasteiger partial charge >= 0.3 is 0 Å². The lowest BCUT2D eigenvalue weighted by molar-refractivity contribution is -0.120. The highest BCUT2D eigenvalue weighted by atomic mass is 35.5. The number of nitrogens with zero attached hydrogens (tertiary/aromatic N) is 1. The summed E-state index contributed by atoms with van der Waals surface area (Å²) >= 11 is 12.3. The van der Waals surface area contributed by atoms with Gasteiger partial charge in [0.05, 0.1) is 23.6 Å². The maximum Gasteiger partial charge on any atom is 0.260 e. The molecule has 6 heteroatoms. The van der Waals surface area contributed by atoms with E-state index in [0.717, 1.165) is 29.7 Å². The van der Waals surface area contributed by atoms with Crippen molar-refractivity contribution in [1.82, 2.24) is 5.32 Å². The third-order valence-corrected chi connectivity index (χ3v) is 5.69. The van der Waals surface area contributed by atoms with Crippen molar-refractivity contribution in [2.75, 3.05) is 4.90 Å². The molecule has 0 unspecified atom stereocenters. The summed E-state index contributed by atoms with van der Waals surface area (Å²) in [5.41, 5.74) is 3.01. The summed E-state index contributed by atoms with van der Waals surface area (Å²) in [6, 6.07) is 22.5. The number of amides is 2. The first kappa shape index (κ1) is 21.4. The second kappa shape index (κ2) is 9.54. The Kier molecular flexibility index (Phi) is 6.59. The van der Waals surface area contributed by atoms with E-state index in [9.17, 15) is 9.59 Å². The molecule has 0 bridgehead atoms. The number of halogens is 2. The molecule has 3 aromatic carbocycles. The SMILES string of the molecule is O=C(Cc1ccc(N(Cc2ccccc2)C(=O)c2ccc(Cl)cc2Cl)cc1)NC1CC1. The molecule has 4 nitrogen and oxygen atoms in total. The number of carbonyl (C=O) groups is 2. The summed E-state index contributed by atoms with van der Waals surface area (Å²) < 4.78 is 0. The fourth-order valence-corrected chi connectivity index (χ4v) is 3.83. The average Bonchev–Trinajstić information content (AvgIpc) is 3.57. The second-order valence-corrected chi connectivity index (χ2v) is 8.53. The lowest BCUT2D eigenvalue weighted by Gasteiger charge is -2.24. The highest BCUT2D eigenvalue weighted by Gasteiger charge is 2.24. The van der Waals surface area contributed by atoms with Crippen molar-refractivity contribution in [3.05, 3.63) is 99.5 Å². The Morgan fingerprint density at radius 3 is 2.26 bits per heavy atom. The van der Waals surface area contributed by atoms with Gasteiger partial charge in [-0.15, -0.1) is 0 Å². The number of anilines is 1. The monoisotopic (exact) mass is 452 g/mol. The van der Waals surface area contributed by atoms with E-state index >= 15 is 0 Å². The van der Waals surface area contributed by atoms with Crippen molar-refractivity contribution in [2.45, 2.75) is 31.8 Å². The van der Waals surface area contributed by atoms with Crippen molar-refractivity contribution in [3.8, 4) is 0 Å². The Balaban J connectivity index is 1.58. The van der Waals surface area contributed by atoms with Crippen LogP contribution in [-0.2, 0) is 17.8 Å². The molecule has 1 aliphatic rings. The molecular formula is C25H22Cl2N2O2. The molecule has 0 atom stereocenters. The molecule has 0 aliphatic heterocycles. The largest absolute Gasteiger partial charge is 0.353 e. The predicted molar refractivity (Wildman–Crippen MR) is 125 cm³/mol. The van der Waals surface area contributed by atoms with Crippen LogP contribution in [0.2, 0.25) is 10.0 Å². The molecule has 0 radical (unpaired) electrons. The van der Waals surface area contributed by atoms with Gasteiger partial charge in [0.1, 0.15) is 0 Å². The Morgan fingerprint density at radius 1 is 0.903 bits per heavy atom. The number of hydrogen-bond acceptors (Lipinski definition) is 2. The molecule has 0 heterocycles. The van der Waals surface area contributed by atoms with Crippen molar-refractivity contribution >= 4 is 40.7 Å². The van der Waals surface area contributed by atoms with E-state index in [0.29, 0.717) is 34.6 Å². The topological polar surface area (TPSA) is 49.4 Å². The Bertz CT molecular complexity index is 1080. The molecule has 0 aromatic heterocycles. The van der Waals surface area contributed by atoms with Crippen LogP contribution >= 0.6 is 23.2 Å². The Morgan fingerprint density at radius 2 is 1.61 bits per heavy atom. The second-order valence-electron chi connectivity index (χ2n) is 7.69. The quantitative estimate of drug-likeness (QED) is 0.502. The first-order valence-corrected chi connectivity index (χ1v) is 10.9. The maximum atomic E-state index is 13.4. The van der Waals surface area contributed by atoms with Crippen LogP contribution < -0.4 is 10.2 Å². The fourth-order valence-electron chi connectivity index (χ4n) is 3.34. The van der Waals surface area contributed by atoms with Gasteiger partial charge in [0.2, 0.25) is 5.91 Å². The zero-order valence-electron chi connectivity index (χ0n) is 16.9. The normalized spacial score (nSPS) is 13.0. The van der Waals surface area contributed by atoms with Crippen LogP contribution in [0.15, 0.2) is 72.8 Å². The van der Waals surface area contributed by atoms with Crippen molar-refractivity contribution in [1.29, 1.82) is 0 Å². The number of carbonyl (C=O) groups excluding carboxylic acids is 2. The van der Waals surface area contributed by atoms with E-state index in [-0.39, 0.29) is 11.8 Å². The van der Waals surface area contributed by atoms with Crippen LogP contribution in [0.3, 0.4) is 0 Å². The molecule has 158 valence electrons. The first-order valence-electron chi connectivity index (χ1n) is 10.2. The van der Waals surface area contributed by atoms with E-state index in [2.05, 4.69) is 5.32 Å². The van der Waals surface area contributed by atoms with Gasteiger partial charge in [-0.25, -0.2) is 0 Å². The summed E-state index contributed by atoms with van der Waals surface area (Å²) in [5, 5.41) is 3.78. The summed E-state index contributed by atoms with van der Waals surface area (Å²) in [7, 11) is 0. The predicted octanol–water partition coefficient (Wildman–Crippen LogP) is 5.66. The lowest BCUT2D eigenvalue weighted by atomic mass is 10.1. The molecular weight excluding hydrogens is 431 g/mol. The van der Waals surface area contributed by atoms with Crippen molar-refractivity contribution < 1.29 is 9.59 Å². The summed E-state index contributed by atoms with van der Waals surface area (Å²) in [4.78, 5) is 27.2. The minimum Gasteiger partial charge on any atom is -0.353 e. The summed E-state index contributed by atoms with van der Waals surface area (Å²) in [6.45, 7) is 0.389. The van der Waals surface area contributed by atoms with Crippen LogP contribution in [0.5, 0.6) is 0 Å². The van der Waals surface area contributed by atoms with Gasteiger partial charge in [0.25, 0.3) is 5.91 Å². The van der Waals surface area contributed by atoms with Crippen molar-refractivity contribution in [3.63, 3.8) is 0 Å². The highest BCUT2D eigenvalue weighted by molar-refractivity contribution is 6.37. The minimum absolute atomic E-state index is 0.0282. The third-order valence-electron chi connectivity index (χ3n) is 5.15. The van der Waals surface area contributed by atoms with E-state index < -0.39 is 0 Å². The smallest absolute Gasteiger partial charge is 0.260 e. The average molecular weight is 453 g/mol. The molecule has 1 fully saturated rings. The Labute approximate surface area is 191 Å². The van der Waals surface area contributed by atoms with E-state index in [4.69, 9.17) is 23.2 Å². The lowest BCUT2D eigenvalue weighted by Crippen LogP contribution is -2.30. The molecule has 3 aromatic rings. The zero-order chi connectivity index (χ0) is 21.8. The van der Waals surface area contributed by atoms with Crippen LogP contribution in [0.25, 0.3) is 0 Å². The van der Waals surface area contributed by atoms with Crippen molar-refractivity contribution in [2.24, 2.45) is 0 Å². The van der Waals surface area contributed by atoms with Crippen LogP contribution in [0, 0.1) is 0 Å². The number of rotatable bonds is 7. The van der Waals surface area contributed by atoms with Gasteiger partial charge in [-0.2, -0.15) is 0 Å². The standard InChI is InChI=1S/C25H22Cl2N2O2/c26-19-8-13-22(23(27)15-19)25(31)29(16-18-4-2-1-3-5-18)21-11-6-17(7-12-21)14-24(30)28-20-9-10-20/h1-8,11-13,15,20H,9-10,14,16H2,(H,28,30). The van der Waals surface area contributed by atoms with Gasteiger partial charge in [-0.1, -0.05) is 65.7 Å². The third kappa shape index (κ3) is 5.66. The maximum absolute atomic E-state index is 13.4. The molecule has 1 aliphatic carbocycles. The molecule has 1 saturated carbocycles. The van der Waals surface area contributed by atoms with Gasteiger partial charge in [-0.3, -0.25) is 9.59 Å². The van der Waals surface area contributed by atoms with Gasteiger partial charge < -0.3 is 10.2 Å². The van der Waals surface area contributed by atoms with Crippen LogP contribution in [0.4, 0.5) is 5.69 Å². The van der Waals surface area contributed by atoms with Crippen LogP contribution in [0.1, 0.15) is 34.3 Å². The number of hydrogen-bond donors (Lipinski definition) is 1. The molecule has 31 heavy (non-hydrogen) atoms. The molecule has 4 rings (SSSR count). The van der Waals surface area contributed by atoms with Gasteiger partial charge in [0.15, 0.2) is 0 Å². The molecule has 0 saturated heterocycles. The van der Waals surface area contributed by atoms with E-state index in [1.165, 1.54) is 0 Å². The van der Waals surface area contributed by atoms with Gasteiger partial charge in [0, 0.05) is 16.8 Å². The molecule has 1 N–H and O–H groups in total. The summed E-state index contributed by atoms with van der Waals surface area (Å²) in [5.74, 6) is -0.190. The van der Waals surface area contributed by atoms with E-state index in [1.807, 2.05) is 54.6 Å². The van der Waals surface area contributed by atoms with Gasteiger partial charge in [-0.05, 0) is 54.3 Å². The molecule has 0 spiro atoms. The fraction of sp³-hybridized carbons (Fsp3) is 0.200. The zero-order valence-corrected chi connectivity index (χ0v) is 18.4. The van der Waals surface area contributed by atoms with Crippen LogP contribution in [-0.4, -0.2) is 17.9 Å². The molecule has 2 amide bonds. The summed E-state index contributed by atoms with van der Waals surface area (Å²) in [6.07, 6.45) is 2.45. The number of nitrogens with one attached hydrogen (secondary N) is 1. The highest BCUT2D eigenvalue weighted by Crippen LogP contribution is 2.27. The number of benzene rings is 3. The first-order chi connectivity index (χ1) is 15.0. The van der Waals surface area contributed by atoms with E-state index in [1.54, 1.807) is 23.1 Å².